The quantitative estimate of drug-likeness (QED) is 0.202. The van der Waals surface area contributed by atoms with Crippen molar-refractivity contribution in [1.29, 1.82) is 0 Å². The van der Waals surface area contributed by atoms with Gasteiger partial charge in [0.05, 0.1) is 11.4 Å². The van der Waals surface area contributed by atoms with Crippen molar-refractivity contribution in [3.63, 3.8) is 0 Å². The summed E-state index contributed by atoms with van der Waals surface area (Å²) in [6.07, 6.45) is 4.86. The van der Waals surface area contributed by atoms with E-state index in [0.717, 1.165) is 57.7 Å². The van der Waals surface area contributed by atoms with Crippen molar-refractivity contribution in [2.45, 2.75) is 36.0 Å². The molecule has 0 aromatic heterocycles. The largest absolute Gasteiger partial charge is 0.478 e. The second-order valence-electron chi connectivity index (χ2n) is 10.1. The summed E-state index contributed by atoms with van der Waals surface area (Å²) < 4.78 is 0. The molecule has 1 saturated heterocycles. The van der Waals surface area contributed by atoms with Gasteiger partial charge in [0.25, 0.3) is 0 Å². The van der Waals surface area contributed by atoms with E-state index in [1.807, 2.05) is 17.8 Å². The van der Waals surface area contributed by atoms with Crippen molar-refractivity contribution in [3.8, 4) is 0 Å². The number of hydrogen-bond donors (Lipinski definition) is 4. The van der Waals surface area contributed by atoms with Gasteiger partial charge in [-0.2, -0.15) is 0 Å². The zero-order valence-electron chi connectivity index (χ0n) is 25.3. The number of aliphatic carboxylic acids is 4. The summed E-state index contributed by atoms with van der Waals surface area (Å²) in [6, 6.07) is 14.9. The average molecular weight is 642 g/mol. The maximum absolute atomic E-state index is 12.5. The molecule has 0 radical (unpaired) electrons. The predicted molar refractivity (Wildman–Crippen MR) is 171 cm³/mol. The molecule has 0 amide bonds. The zero-order valence-corrected chi connectivity index (χ0v) is 26.1. The fourth-order valence-corrected chi connectivity index (χ4v) is 5.50. The second-order valence-corrected chi connectivity index (χ2v) is 11.2. The lowest BCUT2D eigenvalue weighted by Crippen LogP contribution is -2.45. The molecule has 13 heteroatoms. The molecule has 0 atom stereocenters. The lowest BCUT2D eigenvalue weighted by molar-refractivity contribution is -0.134. The van der Waals surface area contributed by atoms with Gasteiger partial charge >= 0.3 is 23.9 Å². The molecule has 0 unspecified atom stereocenters. The Morgan fingerprint density at radius 2 is 1.27 bits per heavy atom. The number of piperazine rings is 1. The molecule has 2 aromatic rings. The van der Waals surface area contributed by atoms with E-state index in [0.29, 0.717) is 30.7 Å². The Labute approximate surface area is 266 Å². The van der Waals surface area contributed by atoms with Crippen LogP contribution >= 0.6 is 11.8 Å². The average Bonchev–Trinajstić information content (AvgIpc) is 3.00. The van der Waals surface area contributed by atoms with E-state index in [9.17, 15) is 24.0 Å². The van der Waals surface area contributed by atoms with Crippen LogP contribution < -0.4 is 4.90 Å². The normalized spacial score (nSPS) is 14.4. The van der Waals surface area contributed by atoms with Gasteiger partial charge in [-0.1, -0.05) is 36.9 Å². The number of para-hydroxylation sites is 1. The smallest absolute Gasteiger partial charge is 0.328 e. The van der Waals surface area contributed by atoms with Crippen molar-refractivity contribution in [2.24, 2.45) is 0 Å². The van der Waals surface area contributed by atoms with Crippen LogP contribution in [0.4, 0.5) is 11.4 Å². The van der Waals surface area contributed by atoms with Crippen LogP contribution in [0.3, 0.4) is 0 Å². The third kappa shape index (κ3) is 13.4. The van der Waals surface area contributed by atoms with Crippen molar-refractivity contribution in [1.82, 2.24) is 9.80 Å². The molecule has 0 saturated carbocycles. The highest BCUT2D eigenvalue weighted by atomic mass is 32.2. The van der Waals surface area contributed by atoms with Gasteiger partial charge in [-0.25, -0.2) is 19.2 Å². The van der Waals surface area contributed by atoms with Crippen LogP contribution in [0.5, 0.6) is 0 Å². The first-order valence-corrected chi connectivity index (χ1v) is 15.1. The molecule has 2 aliphatic heterocycles. The van der Waals surface area contributed by atoms with Gasteiger partial charge in [0.15, 0.2) is 5.78 Å². The van der Waals surface area contributed by atoms with E-state index >= 15 is 0 Å². The molecule has 2 aromatic carbocycles. The third-order valence-corrected chi connectivity index (χ3v) is 7.74. The number of likely N-dealkylation sites (N-methyl/N-ethyl adjacent to an activating group) is 1. The van der Waals surface area contributed by atoms with Gasteiger partial charge in [0.1, 0.15) is 0 Å². The predicted octanol–water partition coefficient (Wildman–Crippen LogP) is 4.33. The number of carboxylic acid groups (broad SMARTS) is 4. The lowest BCUT2D eigenvalue weighted by atomic mass is 10.1. The van der Waals surface area contributed by atoms with Gasteiger partial charge in [0, 0.05) is 78.8 Å². The van der Waals surface area contributed by atoms with Crippen molar-refractivity contribution in [2.75, 3.05) is 51.2 Å². The first-order valence-electron chi connectivity index (χ1n) is 14.3. The molecule has 0 bridgehead atoms. The van der Waals surface area contributed by atoms with Crippen LogP contribution in [-0.4, -0.2) is 106 Å². The number of Topliss-reactive ketones (excluding diaryl/α,β-unsaturated/α-hetero) is 1. The standard InChI is InChI=1S/C24H31N3OS.2C4H4O4/c1-3-7-22(28)19-10-11-24-21(18-19)27(20-8-4-5-9-23(20)29-24)13-6-12-26-16-14-25(2)15-17-26;2*5-3(6)1-2-4(7)8/h4-5,8-11,18H,3,6-7,12-17H2,1-2H3;2*1-2H,(H,5,6)(H,7,8)/b;2*2-1+. The second kappa shape index (κ2) is 19.0. The Kier molecular flexibility index (Phi) is 15.5. The SMILES string of the molecule is CCCC(=O)c1ccc2c(c1)N(CCCN1CCN(C)CC1)c1ccccc1S2.O=C(O)/C=C/C(=O)O.O=C(O)/C=C/C(=O)O. The van der Waals surface area contributed by atoms with E-state index in [4.69, 9.17) is 20.4 Å². The van der Waals surface area contributed by atoms with Crippen LogP contribution in [0, 0.1) is 0 Å². The molecule has 12 nitrogen and oxygen atoms in total. The molecule has 0 spiro atoms. The number of fused-ring (bicyclic) bond motifs is 2. The highest BCUT2D eigenvalue weighted by Crippen LogP contribution is 2.48. The molecular formula is C32H39N3O9S. The number of ketones is 1. The van der Waals surface area contributed by atoms with Gasteiger partial charge in [-0.15, -0.1) is 0 Å². The molecule has 4 rings (SSSR count). The minimum atomic E-state index is -1.26. The maximum Gasteiger partial charge on any atom is 0.328 e. The van der Waals surface area contributed by atoms with Crippen LogP contribution in [0.25, 0.3) is 0 Å². The van der Waals surface area contributed by atoms with E-state index in [1.54, 1.807) is 0 Å². The fourth-order valence-electron chi connectivity index (χ4n) is 4.42. The fraction of sp³-hybridized carbons (Fsp3) is 0.344. The number of carboxylic acids is 4. The molecule has 2 heterocycles. The first-order chi connectivity index (χ1) is 21.4. The van der Waals surface area contributed by atoms with Gasteiger partial charge in [0.2, 0.25) is 0 Å². The Morgan fingerprint density at radius 3 is 1.80 bits per heavy atom. The summed E-state index contributed by atoms with van der Waals surface area (Å²) in [5, 5.41) is 31.2. The first kappa shape index (κ1) is 36.7. The zero-order chi connectivity index (χ0) is 33.4. The number of carbonyl (C=O) groups is 5. The molecule has 1 fully saturated rings. The third-order valence-electron chi connectivity index (χ3n) is 6.61. The minimum Gasteiger partial charge on any atom is -0.478 e. The number of rotatable bonds is 11. The summed E-state index contributed by atoms with van der Waals surface area (Å²) >= 11 is 1.81. The molecule has 242 valence electrons. The Hall–Kier alpha value is -4.46. The number of hydrogen-bond acceptors (Lipinski definition) is 9. The number of carbonyl (C=O) groups excluding carboxylic acids is 1. The van der Waals surface area contributed by atoms with Crippen LogP contribution in [0.15, 0.2) is 76.6 Å². The molecule has 2 aliphatic rings. The van der Waals surface area contributed by atoms with E-state index in [2.05, 4.69) is 65.1 Å². The lowest BCUT2D eigenvalue weighted by Gasteiger charge is -2.35. The number of anilines is 2. The molecule has 4 N–H and O–H groups in total. The monoisotopic (exact) mass is 641 g/mol. The van der Waals surface area contributed by atoms with Crippen molar-refractivity contribution in [3.05, 3.63) is 72.3 Å². The molecule has 45 heavy (non-hydrogen) atoms. The number of nitrogens with zero attached hydrogens (tertiary/aromatic N) is 3. The highest BCUT2D eigenvalue weighted by Gasteiger charge is 2.24. The Bertz CT molecular complexity index is 1340. The van der Waals surface area contributed by atoms with Crippen LogP contribution in [0.1, 0.15) is 36.5 Å². The summed E-state index contributed by atoms with van der Waals surface area (Å²) in [4.78, 5) is 60.7. The summed E-state index contributed by atoms with van der Waals surface area (Å²) in [5.74, 6) is -4.78. The van der Waals surface area contributed by atoms with Crippen molar-refractivity contribution < 1.29 is 44.4 Å². The van der Waals surface area contributed by atoms with Crippen LogP contribution in [0.2, 0.25) is 0 Å². The summed E-state index contributed by atoms with van der Waals surface area (Å²) in [7, 11) is 2.20. The van der Waals surface area contributed by atoms with Gasteiger partial charge < -0.3 is 35.1 Å². The van der Waals surface area contributed by atoms with E-state index in [-0.39, 0.29) is 5.78 Å². The summed E-state index contributed by atoms with van der Waals surface area (Å²) in [5.41, 5.74) is 3.30. The van der Waals surface area contributed by atoms with Crippen molar-refractivity contribution >= 4 is 52.8 Å². The Balaban J connectivity index is 0.000000365. The Morgan fingerprint density at radius 1 is 0.733 bits per heavy atom. The van der Waals surface area contributed by atoms with E-state index in [1.165, 1.54) is 21.2 Å². The highest BCUT2D eigenvalue weighted by molar-refractivity contribution is 7.99. The van der Waals surface area contributed by atoms with Gasteiger partial charge in [-0.05, 0) is 50.7 Å². The summed E-state index contributed by atoms with van der Waals surface area (Å²) in [6.45, 7) is 8.81. The molecular weight excluding hydrogens is 602 g/mol. The van der Waals surface area contributed by atoms with Crippen LogP contribution in [-0.2, 0) is 19.2 Å². The molecule has 0 aliphatic carbocycles. The topological polar surface area (TPSA) is 176 Å². The maximum atomic E-state index is 12.5. The minimum absolute atomic E-state index is 0.247. The van der Waals surface area contributed by atoms with E-state index < -0.39 is 23.9 Å². The number of benzene rings is 2. The van der Waals surface area contributed by atoms with Gasteiger partial charge in [-0.3, -0.25) is 4.79 Å².